The molecule has 3 nitrogen and oxygen atoms in total. The lowest BCUT2D eigenvalue weighted by molar-refractivity contribution is 0.369. The molecule has 0 spiro atoms. The molecule has 1 heterocycles. The Morgan fingerprint density at radius 3 is 2.67 bits per heavy atom. The van der Waals surface area contributed by atoms with Gasteiger partial charge in [0.25, 0.3) is 0 Å². The number of likely N-dealkylation sites (N-methyl/N-ethyl adjacent to an activating group) is 1. The van der Waals surface area contributed by atoms with Gasteiger partial charge >= 0.3 is 0 Å². The number of aryl methyl sites for hydroxylation is 1. The Morgan fingerprint density at radius 2 is 2.25 bits per heavy atom. The van der Waals surface area contributed by atoms with Crippen LogP contribution in [-0.4, -0.2) is 17.7 Å². The molecule has 12 heavy (non-hydrogen) atoms. The van der Waals surface area contributed by atoms with Crippen molar-refractivity contribution in [2.24, 2.45) is 0 Å². The molecule has 0 saturated heterocycles. The fourth-order valence-corrected chi connectivity index (χ4v) is 1.04. The quantitative estimate of drug-likeness (QED) is 0.743. The van der Waals surface area contributed by atoms with Crippen LogP contribution in [0.2, 0.25) is 0 Å². The van der Waals surface area contributed by atoms with Gasteiger partial charge in [-0.3, -0.25) is 0 Å². The fourth-order valence-electron chi connectivity index (χ4n) is 1.04. The van der Waals surface area contributed by atoms with Crippen LogP contribution >= 0.6 is 0 Å². The predicted molar refractivity (Wildman–Crippen MR) is 48.1 cm³/mol. The summed E-state index contributed by atoms with van der Waals surface area (Å²) in [6, 6.07) is 1.97. The van der Waals surface area contributed by atoms with Gasteiger partial charge in [0.15, 0.2) is 0 Å². The Kier molecular flexibility index (Phi) is 2.52. The smallest absolute Gasteiger partial charge is 0.133 e. The van der Waals surface area contributed by atoms with Crippen LogP contribution in [-0.2, 0) is 6.42 Å². The highest BCUT2D eigenvalue weighted by atomic mass is 16.5. The molecular weight excluding hydrogens is 152 g/mol. The van der Waals surface area contributed by atoms with Gasteiger partial charge in [-0.05, 0) is 27.8 Å². The van der Waals surface area contributed by atoms with E-state index in [1.54, 1.807) is 0 Å². The van der Waals surface area contributed by atoms with E-state index < -0.39 is 0 Å². The Labute approximate surface area is 73.1 Å². The maximum atomic E-state index is 4.98. The first-order valence-corrected chi connectivity index (χ1v) is 4.14. The second-order valence-electron chi connectivity index (χ2n) is 3.74. The summed E-state index contributed by atoms with van der Waals surface area (Å²) in [4.78, 5) is 0. The van der Waals surface area contributed by atoms with Crippen LogP contribution in [0.25, 0.3) is 0 Å². The second kappa shape index (κ2) is 3.27. The van der Waals surface area contributed by atoms with Crippen molar-refractivity contribution >= 4 is 0 Å². The maximum absolute atomic E-state index is 4.98. The lowest BCUT2D eigenvalue weighted by atomic mass is 9.99. The summed E-state index contributed by atoms with van der Waals surface area (Å²) in [5.74, 6) is 0.872. The highest BCUT2D eigenvalue weighted by Crippen LogP contribution is 2.11. The number of rotatable bonds is 3. The molecule has 0 aromatic carbocycles. The first-order chi connectivity index (χ1) is 5.53. The van der Waals surface area contributed by atoms with E-state index in [2.05, 4.69) is 24.3 Å². The van der Waals surface area contributed by atoms with Gasteiger partial charge in [0.05, 0.1) is 5.69 Å². The Balaban J connectivity index is 2.63. The van der Waals surface area contributed by atoms with E-state index in [-0.39, 0.29) is 5.54 Å². The van der Waals surface area contributed by atoms with Crippen LogP contribution in [0.3, 0.4) is 0 Å². The summed E-state index contributed by atoms with van der Waals surface area (Å²) >= 11 is 0. The van der Waals surface area contributed by atoms with E-state index in [1.807, 2.05) is 20.0 Å². The highest BCUT2D eigenvalue weighted by molar-refractivity contribution is 5.07. The van der Waals surface area contributed by atoms with Crippen molar-refractivity contribution in [3.8, 4) is 0 Å². The van der Waals surface area contributed by atoms with Crippen molar-refractivity contribution in [3.63, 3.8) is 0 Å². The van der Waals surface area contributed by atoms with Crippen molar-refractivity contribution < 1.29 is 4.52 Å². The van der Waals surface area contributed by atoms with E-state index in [4.69, 9.17) is 4.52 Å². The summed E-state index contributed by atoms with van der Waals surface area (Å²) in [6.45, 7) is 6.18. The first kappa shape index (κ1) is 9.26. The van der Waals surface area contributed by atoms with Gasteiger partial charge in [0.2, 0.25) is 0 Å². The average Bonchev–Trinajstić information content (AvgIpc) is 2.35. The maximum Gasteiger partial charge on any atom is 0.133 e. The molecule has 68 valence electrons. The molecule has 0 atom stereocenters. The molecule has 1 aromatic rings. The molecular formula is C9H16N2O. The van der Waals surface area contributed by atoms with Crippen LogP contribution in [0.15, 0.2) is 10.6 Å². The first-order valence-electron chi connectivity index (χ1n) is 4.14. The summed E-state index contributed by atoms with van der Waals surface area (Å²) < 4.78 is 4.98. The van der Waals surface area contributed by atoms with Crippen LogP contribution in [0.5, 0.6) is 0 Å². The number of hydrogen-bond acceptors (Lipinski definition) is 3. The molecule has 0 fully saturated rings. The predicted octanol–water partition coefficient (Wildman–Crippen LogP) is 1.52. The third-order valence-electron chi connectivity index (χ3n) is 1.98. The third-order valence-corrected chi connectivity index (χ3v) is 1.98. The van der Waals surface area contributed by atoms with Crippen LogP contribution in [0, 0.1) is 6.92 Å². The zero-order valence-electron chi connectivity index (χ0n) is 8.14. The summed E-state index contributed by atoms with van der Waals surface area (Å²) in [5.41, 5.74) is 1.09. The Hall–Kier alpha value is -0.830. The third kappa shape index (κ3) is 2.34. The van der Waals surface area contributed by atoms with Crippen molar-refractivity contribution in [1.29, 1.82) is 0 Å². The topological polar surface area (TPSA) is 38.1 Å². The molecule has 0 saturated carbocycles. The summed E-state index contributed by atoms with van der Waals surface area (Å²) in [5, 5.41) is 7.15. The van der Waals surface area contributed by atoms with Crippen molar-refractivity contribution in [3.05, 3.63) is 17.5 Å². The van der Waals surface area contributed by atoms with Gasteiger partial charge in [0, 0.05) is 18.0 Å². The standard InChI is InChI=1S/C9H16N2O/c1-7-5-8(11-12-7)6-9(2,3)10-4/h5,10H,6H2,1-4H3. The van der Waals surface area contributed by atoms with Crippen molar-refractivity contribution in [2.75, 3.05) is 7.05 Å². The largest absolute Gasteiger partial charge is 0.361 e. The number of hydrogen-bond donors (Lipinski definition) is 1. The van der Waals surface area contributed by atoms with E-state index in [0.717, 1.165) is 17.9 Å². The number of nitrogens with one attached hydrogen (secondary N) is 1. The van der Waals surface area contributed by atoms with Gasteiger partial charge in [-0.2, -0.15) is 0 Å². The zero-order chi connectivity index (χ0) is 9.19. The van der Waals surface area contributed by atoms with Gasteiger partial charge < -0.3 is 9.84 Å². The number of aromatic nitrogens is 1. The monoisotopic (exact) mass is 168 g/mol. The normalized spacial score (nSPS) is 12.0. The van der Waals surface area contributed by atoms with Crippen LogP contribution < -0.4 is 5.32 Å². The minimum atomic E-state index is 0.0866. The lowest BCUT2D eigenvalue weighted by Gasteiger charge is -2.22. The zero-order valence-corrected chi connectivity index (χ0v) is 8.14. The minimum absolute atomic E-state index is 0.0866. The second-order valence-corrected chi connectivity index (χ2v) is 3.74. The lowest BCUT2D eigenvalue weighted by Crippen LogP contribution is -2.38. The molecule has 0 aliphatic rings. The Bertz CT molecular complexity index is 253. The average molecular weight is 168 g/mol. The van der Waals surface area contributed by atoms with E-state index in [0.29, 0.717) is 0 Å². The molecule has 0 aliphatic carbocycles. The van der Waals surface area contributed by atoms with Gasteiger partial charge in [-0.15, -0.1) is 0 Å². The molecule has 0 unspecified atom stereocenters. The fraction of sp³-hybridized carbons (Fsp3) is 0.667. The van der Waals surface area contributed by atoms with Crippen LogP contribution in [0.1, 0.15) is 25.3 Å². The molecule has 0 bridgehead atoms. The molecule has 0 radical (unpaired) electrons. The van der Waals surface area contributed by atoms with Gasteiger partial charge in [-0.25, -0.2) is 0 Å². The summed E-state index contributed by atoms with van der Waals surface area (Å²) in [7, 11) is 1.95. The van der Waals surface area contributed by atoms with E-state index >= 15 is 0 Å². The van der Waals surface area contributed by atoms with Crippen molar-refractivity contribution in [1.82, 2.24) is 10.5 Å². The van der Waals surface area contributed by atoms with Crippen LogP contribution in [0.4, 0.5) is 0 Å². The van der Waals surface area contributed by atoms with Gasteiger partial charge in [0.1, 0.15) is 5.76 Å². The molecule has 1 N–H and O–H groups in total. The Morgan fingerprint density at radius 1 is 1.58 bits per heavy atom. The SMILES string of the molecule is CNC(C)(C)Cc1cc(C)on1. The van der Waals surface area contributed by atoms with Gasteiger partial charge in [-0.1, -0.05) is 5.16 Å². The molecule has 1 rings (SSSR count). The minimum Gasteiger partial charge on any atom is -0.361 e. The highest BCUT2D eigenvalue weighted by Gasteiger charge is 2.17. The molecule has 0 aliphatic heterocycles. The molecule has 3 heteroatoms. The van der Waals surface area contributed by atoms with E-state index in [9.17, 15) is 0 Å². The summed E-state index contributed by atoms with van der Waals surface area (Å²) in [6.07, 6.45) is 0.890. The molecule has 0 amide bonds. The van der Waals surface area contributed by atoms with Crippen molar-refractivity contribution in [2.45, 2.75) is 32.7 Å². The van der Waals surface area contributed by atoms with E-state index in [1.165, 1.54) is 0 Å². The molecule has 1 aromatic heterocycles. The number of nitrogens with zero attached hydrogens (tertiary/aromatic N) is 1.